The fourth-order valence-electron chi connectivity index (χ4n) is 7.83. The molecule has 0 amide bonds. The van der Waals surface area contributed by atoms with Gasteiger partial charge >= 0.3 is 0 Å². The number of fused-ring (bicyclic) bond motifs is 10. The summed E-state index contributed by atoms with van der Waals surface area (Å²) in [5, 5.41) is 9.74. The lowest BCUT2D eigenvalue weighted by atomic mass is 10.1. The molecule has 312 valence electrons. The third-order valence-electron chi connectivity index (χ3n) is 11.2. The second-order valence-corrected chi connectivity index (χ2v) is 24.0. The summed E-state index contributed by atoms with van der Waals surface area (Å²) < 4.78 is 11.2. The average Bonchev–Trinajstić information content (AvgIpc) is 4.19. The molecule has 0 aliphatic heterocycles. The largest absolute Gasteiger partial charge is 0.144 e. The van der Waals surface area contributed by atoms with E-state index in [1.54, 1.807) is 22.7 Å². The van der Waals surface area contributed by atoms with Gasteiger partial charge in [-0.25, -0.2) is 0 Å². The number of thiophene rings is 8. The number of hydrogen-bond donors (Lipinski definition) is 0. The predicted octanol–water partition coefficient (Wildman–Crippen LogP) is 20.6. The number of aryl methyl sites for hydroxylation is 2. The van der Waals surface area contributed by atoms with Gasteiger partial charge in [-0.15, -0.1) is 90.7 Å². The quantitative estimate of drug-likeness (QED) is 0.128. The Morgan fingerprint density at radius 2 is 0.656 bits per heavy atom. The van der Waals surface area contributed by atoms with E-state index in [9.17, 15) is 0 Å². The molecule has 0 bridgehead atoms. The molecule has 12 aromatic rings. The Balaban J connectivity index is 0.000000144. The van der Waals surface area contributed by atoms with Crippen molar-refractivity contribution in [3.05, 3.63) is 184 Å². The molecule has 0 nitrogen and oxygen atoms in total. The zero-order chi connectivity index (χ0) is 43.0. The van der Waals surface area contributed by atoms with Crippen molar-refractivity contribution in [1.29, 1.82) is 0 Å². The molecule has 0 atom stereocenters. The Morgan fingerprint density at radius 3 is 0.938 bits per heavy atom. The Morgan fingerprint density at radius 1 is 0.328 bits per heavy atom. The van der Waals surface area contributed by atoms with Gasteiger partial charge in [-0.1, -0.05) is 98.8 Å². The molecule has 0 aliphatic carbocycles. The van der Waals surface area contributed by atoms with E-state index >= 15 is 0 Å². The summed E-state index contributed by atoms with van der Waals surface area (Å²) >= 11 is 15.0. The van der Waals surface area contributed by atoms with Crippen LogP contribution < -0.4 is 0 Å². The molecule has 64 heavy (non-hydrogen) atoms. The van der Waals surface area contributed by atoms with Crippen molar-refractivity contribution >= 4 is 198 Å². The standard InChI is InChI=1S/C30H24S4.C26H16S4/c1-3-21-11-13-23(31-21)9-5-19-7-15-25-27(17-19)33-30-26-16-8-20(18-28(26)34-29(25)30)6-10-24-14-12-22(4-2)32-24;1-3-19(27-13-1)9-5-17-7-11-21-23(15-17)29-26-22-12-8-18(16-24(22)30-25(21)26)6-10-20-4-2-14-28-20/h5-18H,3-4H2,1-2H3;1-16H/b2*9-5+,10-6+. The second-order valence-electron chi connectivity index (χ2n) is 15.4. The van der Waals surface area contributed by atoms with Gasteiger partial charge in [-0.2, -0.15) is 0 Å². The molecule has 0 unspecified atom stereocenters. The van der Waals surface area contributed by atoms with E-state index in [-0.39, 0.29) is 0 Å². The van der Waals surface area contributed by atoms with Crippen LogP contribution in [0.25, 0.3) is 108 Å². The number of benzene rings is 4. The van der Waals surface area contributed by atoms with Gasteiger partial charge in [0.15, 0.2) is 0 Å². The Bertz CT molecular complexity index is 3450. The van der Waals surface area contributed by atoms with Crippen molar-refractivity contribution < 1.29 is 0 Å². The minimum atomic E-state index is 1.11. The molecule has 12 rings (SSSR count). The minimum Gasteiger partial charge on any atom is -0.144 e. The lowest BCUT2D eigenvalue weighted by molar-refractivity contribution is 1.19. The predicted molar refractivity (Wildman–Crippen MR) is 301 cm³/mol. The van der Waals surface area contributed by atoms with Crippen molar-refractivity contribution in [3.63, 3.8) is 0 Å². The van der Waals surface area contributed by atoms with Gasteiger partial charge in [0.1, 0.15) is 0 Å². The Kier molecular flexibility index (Phi) is 12.0. The molecule has 0 saturated carbocycles. The van der Waals surface area contributed by atoms with Crippen LogP contribution in [-0.4, -0.2) is 0 Å². The van der Waals surface area contributed by atoms with Crippen LogP contribution in [0.5, 0.6) is 0 Å². The highest BCUT2D eigenvalue weighted by Gasteiger charge is 2.14. The van der Waals surface area contributed by atoms with Crippen LogP contribution in [-0.2, 0) is 12.8 Å². The lowest BCUT2D eigenvalue weighted by Gasteiger charge is -1.96. The van der Waals surface area contributed by atoms with Crippen molar-refractivity contribution in [2.75, 3.05) is 0 Å². The van der Waals surface area contributed by atoms with Gasteiger partial charge in [0, 0.05) is 69.6 Å². The summed E-state index contributed by atoms with van der Waals surface area (Å²) in [5.74, 6) is 0. The highest BCUT2D eigenvalue weighted by Crippen LogP contribution is 2.46. The zero-order valence-electron chi connectivity index (χ0n) is 35.0. The van der Waals surface area contributed by atoms with E-state index in [2.05, 4.69) is 195 Å². The van der Waals surface area contributed by atoms with Gasteiger partial charge in [0.25, 0.3) is 0 Å². The number of rotatable bonds is 10. The number of hydrogen-bond acceptors (Lipinski definition) is 8. The Hall–Kier alpha value is -5.00. The fraction of sp³-hybridized carbons (Fsp3) is 0.0714. The van der Waals surface area contributed by atoms with Crippen molar-refractivity contribution in [2.24, 2.45) is 0 Å². The highest BCUT2D eigenvalue weighted by atomic mass is 32.1. The summed E-state index contributed by atoms with van der Waals surface area (Å²) in [4.78, 5) is 8.11. The molecule has 8 heteroatoms. The maximum absolute atomic E-state index is 2.34. The molecular weight excluding hydrogens is 929 g/mol. The molecule has 0 radical (unpaired) electrons. The molecule has 0 saturated heterocycles. The van der Waals surface area contributed by atoms with E-state index < -0.39 is 0 Å². The molecule has 4 aromatic carbocycles. The Labute approximate surface area is 405 Å². The van der Waals surface area contributed by atoms with Gasteiger partial charge in [0.05, 0.1) is 18.8 Å². The van der Waals surface area contributed by atoms with Crippen LogP contribution in [0.15, 0.2) is 132 Å². The monoisotopic (exact) mass is 968 g/mol. The van der Waals surface area contributed by atoms with Crippen LogP contribution in [0.4, 0.5) is 0 Å². The summed E-state index contributed by atoms with van der Waals surface area (Å²) in [5.41, 5.74) is 5.05. The SMILES string of the molecule is C(=C\c1cccs1)/c1ccc2c(c1)sc1c3ccc(/C=C/c4cccs4)cc3sc21.CCc1ccc(/C=C/c2ccc3c(c2)sc2c4ccc(/C=C/c5ccc(CC)s5)cc4sc32)s1. The third-order valence-corrected chi connectivity index (χ3v) is 20.2. The van der Waals surface area contributed by atoms with Crippen molar-refractivity contribution in [3.8, 4) is 0 Å². The molecule has 8 aromatic heterocycles. The molecule has 0 spiro atoms. The summed E-state index contributed by atoms with van der Waals surface area (Å²) in [6.07, 6.45) is 20.0. The van der Waals surface area contributed by atoms with E-state index in [0.717, 1.165) is 12.8 Å². The topological polar surface area (TPSA) is 0 Å². The van der Waals surface area contributed by atoms with E-state index in [1.807, 2.05) is 68.0 Å². The fourth-order valence-corrected chi connectivity index (χ4v) is 16.3. The van der Waals surface area contributed by atoms with Crippen LogP contribution in [0, 0.1) is 0 Å². The highest BCUT2D eigenvalue weighted by molar-refractivity contribution is 7.37. The molecular formula is C56H40S8. The van der Waals surface area contributed by atoms with Gasteiger partial charge in [0.2, 0.25) is 0 Å². The third kappa shape index (κ3) is 8.74. The normalized spacial score (nSPS) is 12.4. The van der Waals surface area contributed by atoms with Crippen LogP contribution in [0.2, 0.25) is 0 Å². The second kappa shape index (κ2) is 18.5. The van der Waals surface area contributed by atoms with Crippen LogP contribution >= 0.6 is 90.7 Å². The van der Waals surface area contributed by atoms with E-state index in [0.29, 0.717) is 0 Å². The van der Waals surface area contributed by atoms with Crippen LogP contribution in [0.3, 0.4) is 0 Å². The minimum absolute atomic E-state index is 1.11. The van der Waals surface area contributed by atoms with Crippen LogP contribution in [0.1, 0.15) is 65.4 Å². The lowest BCUT2D eigenvalue weighted by Crippen LogP contribution is -1.71. The van der Waals surface area contributed by atoms with Crippen molar-refractivity contribution in [2.45, 2.75) is 26.7 Å². The van der Waals surface area contributed by atoms with Gasteiger partial charge in [-0.3, -0.25) is 0 Å². The summed E-state index contributed by atoms with van der Waals surface area (Å²) in [7, 11) is 0. The summed E-state index contributed by atoms with van der Waals surface area (Å²) in [6, 6.07) is 44.9. The average molecular weight is 969 g/mol. The maximum atomic E-state index is 2.34. The first-order valence-corrected chi connectivity index (χ1v) is 27.9. The zero-order valence-corrected chi connectivity index (χ0v) is 41.5. The first kappa shape index (κ1) is 41.7. The van der Waals surface area contributed by atoms with E-state index in [1.165, 1.54) is 111 Å². The summed E-state index contributed by atoms with van der Waals surface area (Å²) in [6.45, 7) is 4.42. The maximum Gasteiger partial charge on any atom is 0.0542 e. The van der Waals surface area contributed by atoms with Crippen molar-refractivity contribution in [1.82, 2.24) is 0 Å². The molecule has 0 aliphatic rings. The van der Waals surface area contributed by atoms with E-state index in [4.69, 9.17) is 0 Å². The first-order valence-electron chi connectivity index (χ1n) is 21.3. The van der Waals surface area contributed by atoms with Gasteiger partial charge < -0.3 is 0 Å². The van der Waals surface area contributed by atoms with Gasteiger partial charge in [-0.05, 0) is 131 Å². The smallest absolute Gasteiger partial charge is 0.0542 e. The molecule has 0 N–H and O–H groups in total. The molecule has 0 fully saturated rings. The molecule has 8 heterocycles. The first-order chi connectivity index (χ1) is 31.5.